The lowest BCUT2D eigenvalue weighted by Crippen LogP contribution is -2.46. The van der Waals surface area contributed by atoms with E-state index in [1.54, 1.807) is 7.11 Å². The molecule has 0 aromatic carbocycles. The second-order valence-corrected chi connectivity index (χ2v) is 5.39. The molecule has 0 radical (unpaired) electrons. The molecule has 0 aromatic heterocycles. The molecule has 17 heavy (non-hydrogen) atoms. The molecule has 1 saturated carbocycles. The normalized spacial score (nSPS) is 29.6. The van der Waals surface area contributed by atoms with Crippen molar-refractivity contribution >= 4 is 5.78 Å². The molecule has 0 bridgehead atoms. The van der Waals surface area contributed by atoms with Crippen LogP contribution in [0.2, 0.25) is 0 Å². The predicted molar refractivity (Wildman–Crippen MR) is 66.0 cm³/mol. The monoisotopic (exact) mass is 240 g/mol. The summed E-state index contributed by atoms with van der Waals surface area (Å²) in [6.45, 7) is 1.41. The van der Waals surface area contributed by atoms with Gasteiger partial charge in [-0.1, -0.05) is 25.7 Å². The number of ether oxygens (including phenoxy) is 2. The molecule has 3 nitrogen and oxygen atoms in total. The van der Waals surface area contributed by atoms with Crippen LogP contribution in [0.25, 0.3) is 0 Å². The van der Waals surface area contributed by atoms with Crippen molar-refractivity contribution in [1.29, 1.82) is 0 Å². The van der Waals surface area contributed by atoms with Crippen LogP contribution in [0.4, 0.5) is 0 Å². The molecule has 0 spiro atoms. The highest BCUT2D eigenvalue weighted by molar-refractivity contribution is 5.89. The van der Waals surface area contributed by atoms with Crippen molar-refractivity contribution in [3.63, 3.8) is 0 Å². The molecule has 1 unspecified atom stereocenters. The molecule has 1 saturated heterocycles. The Bertz CT molecular complexity index is 248. The predicted octanol–water partition coefficient (Wildman–Crippen LogP) is 2.72. The summed E-state index contributed by atoms with van der Waals surface area (Å²) >= 11 is 0. The Kier molecular flexibility index (Phi) is 4.57. The van der Waals surface area contributed by atoms with E-state index in [0.29, 0.717) is 12.4 Å². The zero-order valence-electron chi connectivity index (χ0n) is 10.9. The van der Waals surface area contributed by atoms with E-state index in [1.807, 2.05) is 0 Å². The minimum Gasteiger partial charge on any atom is -0.381 e. The van der Waals surface area contributed by atoms with Crippen LogP contribution in [0, 0.1) is 5.92 Å². The number of ketones is 1. The number of methoxy groups -OCH3 is 1. The Balaban J connectivity index is 2.06. The van der Waals surface area contributed by atoms with Crippen LogP contribution < -0.4 is 0 Å². The van der Waals surface area contributed by atoms with E-state index >= 15 is 0 Å². The van der Waals surface area contributed by atoms with Crippen LogP contribution in [-0.2, 0) is 14.3 Å². The molecule has 0 amide bonds. The molecular weight excluding hydrogens is 216 g/mol. The SMILES string of the molecule is COC1(C(=O)C2CCCOC2)CCCCCC1. The van der Waals surface area contributed by atoms with Crippen molar-refractivity contribution in [2.75, 3.05) is 20.3 Å². The minimum absolute atomic E-state index is 0.0711. The number of carbonyl (C=O) groups is 1. The van der Waals surface area contributed by atoms with Gasteiger partial charge in [-0.15, -0.1) is 0 Å². The van der Waals surface area contributed by atoms with Gasteiger partial charge in [-0.25, -0.2) is 0 Å². The van der Waals surface area contributed by atoms with Gasteiger partial charge in [0.25, 0.3) is 0 Å². The summed E-state index contributed by atoms with van der Waals surface area (Å²) in [5.74, 6) is 0.378. The van der Waals surface area contributed by atoms with Crippen LogP contribution in [0.1, 0.15) is 51.4 Å². The fourth-order valence-corrected chi connectivity index (χ4v) is 3.17. The summed E-state index contributed by atoms with van der Waals surface area (Å²) in [6, 6.07) is 0. The van der Waals surface area contributed by atoms with Gasteiger partial charge in [0.05, 0.1) is 6.61 Å². The topological polar surface area (TPSA) is 35.5 Å². The molecule has 0 aromatic rings. The van der Waals surface area contributed by atoms with Gasteiger partial charge in [0, 0.05) is 19.6 Å². The number of rotatable bonds is 3. The van der Waals surface area contributed by atoms with Gasteiger partial charge in [-0.3, -0.25) is 4.79 Å². The van der Waals surface area contributed by atoms with E-state index in [-0.39, 0.29) is 5.92 Å². The third-order valence-electron chi connectivity index (χ3n) is 4.28. The van der Waals surface area contributed by atoms with Crippen molar-refractivity contribution in [1.82, 2.24) is 0 Å². The zero-order chi connectivity index (χ0) is 12.1. The van der Waals surface area contributed by atoms with Crippen LogP contribution in [-0.4, -0.2) is 31.7 Å². The molecule has 2 aliphatic rings. The lowest BCUT2D eigenvalue weighted by atomic mass is 9.81. The van der Waals surface area contributed by atoms with Crippen molar-refractivity contribution in [2.45, 2.75) is 57.0 Å². The summed E-state index contributed by atoms with van der Waals surface area (Å²) in [6.07, 6.45) is 8.50. The molecule has 1 atom stereocenters. The summed E-state index contributed by atoms with van der Waals surface area (Å²) in [7, 11) is 1.70. The van der Waals surface area contributed by atoms with Crippen LogP contribution in [0.3, 0.4) is 0 Å². The highest BCUT2D eigenvalue weighted by Crippen LogP contribution is 2.34. The average Bonchev–Trinajstić information content (AvgIpc) is 2.65. The first-order chi connectivity index (χ1) is 8.28. The highest BCUT2D eigenvalue weighted by Gasteiger charge is 2.42. The van der Waals surface area contributed by atoms with Crippen molar-refractivity contribution in [2.24, 2.45) is 5.92 Å². The lowest BCUT2D eigenvalue weighted by molar-refractivity contribution is -0.151. The number of hydrogen-bond acceptors (Lipinski definition) is 3. The first-order valence-electron chi connectivity index (χ1n) is 6.96. The summed E-state index contributed by atoms with van der Waals surface area (Å²) in [4.78, 5) is 12.7. The molecular formula is C14H24O3. The maximum atomic E-state index is 12.7. The van der Waals surface area contributed by atoms with E-state index in [2.05, 4.69) is 0 Å². The number of hydrogen-bond donors (Lipinski definition) is 0. The maximum absolute atomic E-state index is 12.7. The van der Waals surface area contributed by atoms with E-state index in [4.69, 9.17) is 9.47 Å². The molecule has 2 fully saturated rings. The largest absolute Gasteiger partial charge is 0.381 e. The smallest absolute Gasteiger partial charge is 0.169 e. The third-order valence-corrected chi connectivity index (χ3v) is 4.28. The van der Waals surface area contributed by atoms with Crippen LogP contribution in [0.5, 0.6) is 0 Å². The van der Waals surface area contributed by atoms with Gasteiger partial charge in [-0.05, 0) is 25.7 Å². The van der Waals surface area contributed by atoms with E-state index in [1.165, 1.54) is 12.8 Å². The van der Waals surface area contributed by atoms with Gasteiger partial charge in [-0.2, -0.15) is 0 Å². The lowest BCUT2D eigenvalue weighted by Gasteiger charge is -2.34. The average molecular weight is 240 g/mol. The first kappa shape index (κ1) is 13.0. The van der Waals surface area contributed by atoms with Gasteiger partial charge in [0.1, 0.15) is 5.60 Å². The van der Waals surface area contributed by atoms with E-state index < -0.39 is 5.60 Å². The fourth-order valence-electron chi connectivity index (χ4n) is 3.17. The molecule has 98 valence electrons. The van der Waals surface area contributed by atoms with Crippen LogP contribution >= 0.6 is 0 Å². The number of Topliss-reactive ketones (excluding diaryl/α,β-unsaturated/α-hetero) is 1. The second-order valence-electron chi connectivity index (χ2n) is 5.39. The quantitative estimate of drug-likeness (QED) is 0.712. The summed E-state index contributed by atoms with van der Waals surface area (Å²) in [5.41, 5.74) is -0.498. The second kappa shape index (κ2) is 5.96. The number of carbonyl (C=O) groups excluding carboxylic acids is 1. The Morgan fingerprint density at radius 1 is 1.18 bits per heavy atom. The first-order valence-corrected chi connectivity index (χ1v) is 6.96. The van der Waals surface area contributed by atoms with Crippen LogP contribution in [0.15, 0.2) is 0 Å². The zero-order valence-corrected chi connectivity index (χ0v) is 10.9. The highest BCUT2D eigenvalue weighted by atomic mass is 16.5. The molecule has 2 rings (SSSR count). The van der Waals surface area contributed by atoms with Gasteiger partial charge in [0.2, 0.25) is 0 Å². The molecule has 1 aliphatic heterocycles. The fraction of sp³-hybridized carbons (Fsp3) is 0.929. The molecule has 0 N–H and O–H groups in total. The van der Waals surface area contributed by atoms with E-state index in [9.17, 15) is 4.79 Å². The molecule has 1 aliphatic carbocycles. The minimum atomic E-state index is -0.498. The Labute approximate surface area is 104 Å². The Morgan fingerprint density at radius 2 is 1.88 bits per heavy atom. The Hall–Kier alpha value is -0.410. The van der Waals surface area contributed by atoms with Crippen molar-refractivity contribution < 1.29 is 14.3 Å². The van der Waals surface area contributed by atoms with Crippen molar-refractivity contribution in [3.05, 3.63) is 0 Å². The van der Waals surface area contributed by atoms with Gasteiger partial charge >= 0.3 is 0 Å². The van der Waals surface area contributed by atoms with Gasteiger partial charge in [0.15, 0.2) is 5.78 Å². The maximum Gasteiger partial charge on any atom is 0.169 e. The summed E-state index contributed by atoms with van der Waals surface area (Å²) in [5, 5.41) is 0. The summed E-state index contributed by atoms with van der Waals surface area (Å²) < 4.78 is 11.1. The van der Waals surface area contributed by atoms with Crippen molar-refractivity contribution in [3.8, 4) is 0 Å². The van der Waals surface area contributed by atoms with E-state index in [0.717, 1.165) is 45.1 Å². The van der Waals surface area contributed by atoms with Gasteiger partial charge < -0.3 is 9.47 Å². The third kappa shape index (κ3) is 2.89. The molecule has 1 heterocycles. The standard InChI is InChI=1S/C14H24O3/c1-16-14(8-4-2-3-5-9-14)13(15)12-7-6-10-17-11-12/h12H,2-11H2,1H3. The molecule has 3 heteroatoms. The Morgan fingerprint density at radius 3 is 2.41 bits per heavy atom.